The number of hydrogen-bond acceptors (Lipinski definition) is 6. The highest BCUT2D eigenvalue weighted by atomic mass is 19.4. The lowest BCUT2D eigenvalue weighted by atomic mass is 9.85. The number of hydrogen-bond donors (Lipinski definition) is 0. The summed E-state index contributed by atoms with van der Waals surface area (Å²) in [4.78, 5) is 46.7. The van der Waals surface area contributed by atoms with Crippen LogP contribution in [0.25, 0.3) is 5.65 Å². The molecule has 2 amide bonds. The van der Waals surface area contributed by atoms with E-state index >= 15 is 0 Å². The summed E-state index contributed by atoms with van der Waals surface area (Å²) in [6.45, 7) is 0.861. The van der Waals surface area contributed by atoms with Crippen molar-refractivity contribution < 1.29 is 36.8 Å². The molecule has 2 aliphatic rings. The van der Waals surface area contributed by atoms with E-state index in [2.05, 4.69) is 10.1 Å². The number of halogens is 4. The maximum Gasteiger partial charge on any atom is 0.399 e. The van der Waals surface area contributed by atoms with Crippen LogP contribution in [0, 0.1) is 5.95 Å². The van der Waals surface area contributed by atoms with Gasteiger partial charge in [0.25, 0.3) is 11.8 Å². The Labute approximate surface area is 176 Å². The van der Waals surface area contributed by atoms with Crippen LogP contribution in [0.15, 0.2) is 36.5 Å². The van der Waals surface area contributed by atoms with Crippen LogP contribution < -0.4 is 0 Å². The number of carbonyl (C=O) groups is 3. The molecular weight excluding hydrogens is 436 g/mol. The van der Waals surface area contributed by atoms with Crippen molar-refractivity contribution in [1.82, 2.24) is 19.7 Å². The summed E-state index contributed by atoms with van der Waals surface area (Å²) in [6.07, 6.45) is -4.60. The Morgan fingerprint density at radius 2 is 1.81 bits per heavy atom. The van der Waals surface area contributed by atoms with Gasteiger partial charge in [-0.3, -0.25) is 9.59 Å². The molecule has 12 heteroatoms. The molecule has 3 heterocycles. The van der Waals surface area contributed by atoms with Gasteiger partial charge in [0.05, 0.1) is 22.7 Å². The highest BCUT2D eigenvalue weighted by Gasteiger charge is 2.61. The lowest BCUT2D eigenvalue weighted by molar-refractivity contribution is -0.190. The van der Waals surface area contributed by atoms with Crippen molar-refractivity contribution in [2.75, 3.05) is 0 Å². The average molecular weight is 448 g/mol. The first-order valence-corrected chi connectivity index (χ1v) is 9.34. The van der Waals surface area contributed by atoms with E-state index in [9.17, 15) is 31.9 Å². The standard InChI is InChI=1S/C20H12F4N4O4/c1-19(20(22,23)24)7-11(12-8-25-14-6-13(21)26-27(14)15(12)19)18(31)32-28-16(29)9-4-2-3-5-10(9)17(28)30/h2-6,8,11H,7H2,1H3. The van der Waals surface area contributed by atoms with E-state index < -0.39 is 53.4 Å². The van der Waals surface area contributed by atoms with Crippen molar-refractivity contribution in [1.29, 1.82) is 0 Å². The molecule has 0 spiro atoms. The molecule has 2 aromatic heterocycles. The Morgan fingerprint density at radius 1 is 1.19 bits per heavy atom. The SMILES string of the molecule is CC1(C(F)(F)F)CC(C(=O)ON2C(=O)c3ccccc3C2=O)c2cnc3cc(F)nn3c21. The number of amides is 2. The Bertz CT molecular complexity index is 1300. The number of carbonyl (C=O) groups excluding carboxylic acids is 3. The van der Waals surface area contributed by atoms with E-state index in [-0.39, 0.29) is 27.4 Å². The van der Waals surface area contributed by atoms with Crippen molar-refractivity contribution in [3.8, 4) is 0 Å². The van der Waals surface area contributed by atoms with Crippen molar-refractivity contribution in [3.05, 3.63) is 64.9 Å². The zero-order chi connectivity index (χ0) is 23.0. The van der Waals surface area contributed by atoms with Crippen molar-refractivity contribution in [2.45, 2.75) is 30.9 Å². The second-order valence-corrected chi connectivity index (χ2v) is 7.75. The molecule has 164 valence electrons. The van der Waals surface area contributed by atoms with Gasteiger partial charge in [0.1, 0.15) is 5.41 Å². The fraction of sp³-hybridized carbons (Fsp3) is 0.250. The van der Waals surface area contributed by atoms with Gasteiger partial charge in [-0.25, -0.2) is 14.3 Å². The molecule has 1 aliphatic heterocycles. The molecule has 2 atom stereocenters. The molecule has 0 bridgehead atoms. The minimum absolute atomic E-state index is 0.00708. The first-order chi connectivity index (χ1) is 15.0. The fourth-order valence-corrected chi connectivity index (χ4v) is 4.21. The quantitative estimate of drug-likeness (QED) is 0.442. The molecule has 0 saturated heterocycles. The van der Waals surface area contributed by atoms with E-state index in [0.717, 1.165) is 19.2 Å². The second-order valence-electron chi connectivity index (χ2n) is 7.75. The molecule has 1 aliphatic carbocycles. The number of benzene rings is 1. The summed E-state index contributed by atoms with van der Waals surface area (Å²) in [6, 6.07) is 6.61. The van der Waals surface area contributed by atoms with Gasteiger partial charge >= 0.3 is 12.1 Å². The number of hydroxylamine groups is 2. The van der Waals surface area contributed by atoms with Crippen LogP contribution >= 0.6 is 0 Å². The predicted molar refractivity (Wildman–Crippen MR) is 96.7 cm³/mol. The van der Waals surface area contributed by atoms with Gasteiger partial charge in [0.15, 0.2) is 5.65 Å². The molecule has 8 nitrogen and oxygen atoms in total. The smallest absolute Gasteiger partial charge is 0.329 e. The minimum atomic E-state index is -4.83. The second kappa shape index (κ2) is 6.34. The van der Waals surface area contributed by atoms with E-state index in [1.807, 2.05) is 0 Å². The van der Waals surface area contributed by atoms with Crippen LogP contribution in [0.5, 0.6) is 0 Å². The summed E-state index contributed by atoms with van der Waals surface area (Å²) < 4.78 is 56.6. The number of imide groups is 1. The van der Waals surface area contributed by atoms with Crippen molar-refractivity contribution >= 4 is 23.4 Å². The number of nitrogens with zero attached hydrogens (tertiary/aromatic N) is 4. The van der Waals surface area contributed by atoms with Gasteiger partial charge in [-0.15, -0.1) is 5.10 Å². The maximum atomic E-state index is 14.1. The first-order valence-electron chi connectivity index (χ1n) is 9.34. The fourth-order valence-electron chi connectivity index (χ4n) is 4.21. The molecule has 5 rings (SSSR count). The zero-order valence-electron chi connectivity index (χ0n) is 16.2. The maximum absolute atomic E-state index is 14.1. The number of rotatable bonds is 2. The highest BCUT2D eigenvalue weighted by molar-refractivity contribution is 6.20. The van der Waals surface area contributed by atoms with Crippen LogP contribution in [-0.2, 0) is 15.0 Å². The molecule has 1 aromatic carbocycles. The van der Waals surface area contributed by atoms with Gasteiger partial charge in [0, 0.05) is 17.8 Å². The van der Waals surface area contributed by atoms with Gasteiger partial charge in [0.2, 0.25) is 5.95 Å². The lowest BCUT2D eigenvalue weighted by Crippen LogP contribution is -2.40. The summed E-state index contributed by atoms with van der Waals surface area (Å²) in [5.74, 6) is -5.61. The third-order valence-electron chi connectivity index (χ3n) is 5.84. The summed E-state index contributed by atoms with van der Waals surface area (Å²) in [5, 5.41) is 3.69. The monoisotopic (exact) mass is 448 g/mol. The molecule has 32 heavy (non-hydrogen) atoms. The van der Waals surface area contributed by atoms with E-state index in [1.54, 1.807) is 0 Å². The number of fused-ring (bicyclic) bond motifs is 4. The van der Waals surface area contributed by atoms with Gasteiger partial charge in [-0.05, 0) is 25.5 Å². The van der Waals surface area contributed by atoms with Gasteiger partial charge in [-0.1, -0.05) is 17.2 Å². The minimum Gasteiger partial charge on any atom is -0.329 e. The normalized spacial score (nSPS) is 22.4. The molecule has 2 unspecified atom stereocenters. The molecule has 3 aromatic rings. The number of aromatic nitrogens is 3. The number of alkyl halides is 3. The van der Waals surface area contributed by atoms with Gasteiger partial charge < -0.3 is 4.84 Å². The van der Waals surface area contributed by atoms with Crippen molar-refractivity contribution in [3.63, 3.8) is 0 Å². The Balaban J connectivity index is 1.55. The van der Waals surface area contributed by atoms with Gasteiger partial charge in [-0.2, -0.15) is 17.6 Å². The Hall–Kier alpha value is -3.83. The predicted octanol–water partition coefficient (Wildman–Crippen LogP) is 2.93. The topological polar surface area (TPSA) is 93.9 Å². The summed E-state index contributed by atoms with van der Waals surface area (Å²) in [7, 11) is 0. The molecular formula is C20H12F4N4O4. The zero-order valence-corrected chi connectivity index (χ0v) is 16.2. The molecule has 0 saturated carbocycles. The van der Waals surface area contributed by atoms with E-state index in [4.69, 9.17) is 4.84 Å². The first kappa shape index (κ1) is 20.1. The third kappa shape index (κ3) is 2.58. The largest absolute Gasteiger partial charge is 0.399 e. The van der Waals surface area contributed by atoms with Crippen LogP contribution in [0.3, 0.4) is 0 Å². The Kier molecular flexibility index (Phi) is 3.98. The van der Waals surface area contributed by atoms with Crippen LogP contribution in [-0.4, -0.2) is 43.6 Å². The van der Waals surface area contributed by atoms with E-state index in [1.165, 1.54) is 24.3 Å². The molecule has 0 radical (unpaired) electrons. The summed E-state index contributed by atoms with van der Waals surface area (Å²) in [5.41, 5.74) is -3.37. The molecule has 0 fully saturated rings. The molecule has 0 N–H and O–H groups in total. The lowest BCUT2D eigenvalue weighted by Gasteiger charge is -2.28. The third-order valence-corrected chi connectivity index (χ3v) is 5.84. The Morgan fingerprint density at radius 3 is 2.41 bits per heavy atom. The van der Waals surface area contributed by atoms with Crippen LogP contribution in [0.4, 0.5) is 17.6 Å². The van der Waals surface area contributed by atoms with Crippen LogP contribution in [0.2, 0.25) is 0 Å². The van der Waals surface area contributed by atoms with E-state index in [0.29, 0.717) is 4.52 Å². The van der Waals surface area contributed by atoms with Crippen molar-refractivity contribution in [2.24, 2.45) is 0 Å². The van der Waals surface area contributed by atoms with Crippen LogP contribution in [0.1, 0.15) is 51.2 Å². The average Bonchev–Trinajstić information content (AvgIpc) is 3.34. The summed E-state index contributed by atoms with van der Waals surface area (Å²) >= 11 is 0. The highest BCUT2D eigenvalue weighted by Crippen LogP contribution is 2.54.